The molecule has 152 valence electrons. The van der Waals surface area contributed by atoms with Gasteiger partial charge in [-0.25, -0.2) is 8.42 Å². The van der Waals surface area contributed by atoms with Crippen molar-refractivity contribution in [2.75, 3.05) is 19.3 Å². The summed E-state index contributed by atoms with van der Waals surface area (Å²) in [4.78, 5) is 27.2. The number of sulfone groups is 1. The van der Waals surface area contributed by atoms with Crippen LogP contribution in [0.2, 0.25) is 0 Å². The monoisotopic (exact) mass is 413 g/mol. The molecule has 2 aromatic carbocycles. The van der Waals surface area contributed by atoms with Crippen molar-refractivity contribution >= 4 is 21.5 Å². The normalized spacial score (nSPS) is 21.1. The smallest absolute Gasteiger partial charge is 0.223 e. The van der Waals surface area contributed by atoms with Crippen LogP contribution in [0.4, 0.5) is 0 Å². The Bertz CT molecular complexity index is 1060. The van der Waals surface area contributed by atoms with Crippen LogP contribution in [0.25, 0.3) is 0 Å². The SMILES string of the molecule is CS(=O)(=O)c1ccc(CCC(=O)N2CCC3(CC(=O)c4ccccc4O3)C2)cc1. The molecule has 7 heteroatoms. The second-order valence-electron chi connectivity index (χ2n) is 7.86. The van der Waals surface area contributed by atoms with E-state index in [0.717, 1.165) is 5.56 Å². The number of hydrogen-bond acceptors (Lipinski definition) is 5. The zero-order valence-electron chi connectivity index (χ0n) is 16.3. The van der Waals surface area contributed by atoms with Gasteiger partial charge < -0.3 is 9.64 Å². The zero-order valence-corrected chi connectivity index (χ0v) is 17.1. The Morgan fingerprint density at radius 1 is 1.14 bits per heavy atom. The third-order valence-corrected chi connectivity index (χ3v) is 6.77. The summed E-state index contributed by atoms with van der Waals surface area (Å²) in [7, 11) is -3.22. The quantitative estimate of drug-likeness (QED) is 0.770. The van der Waals surface area contributed by atoms with E-state index < -0.39 is 15.4 Å². The van der Waals surface area contributed by atoms with Gasteiger partial charge in [0.25, 0.3) is 0 Å². The van der Waals surface area contributed by atoms with E-state index in [-0.39, 0.29) is 16.6 Å². The third kappa shape index (κ3) is 4.05. The molecule has 1 saturated heterocycles. The second-order valence-corrected chi connectivity index (χ2v) is 9.88. The Kier molecular flexibility index (Phi) is 4.94. The summed E-state index contributed by atoms with van der Waals surface area (Å²) in [6, 6.07) is 13.9. The van der Waals surface area contributed by atoms with Gasteiger partial charge in [0.05, 0.1) is 23.4 Å². The van der Waals surface area contributed by atoms with Gasteiger partial charge in [-0.05, 0) is 36.2 Å². The summed E-state index contributed by atoms with van der Waals surface area (Å²) < 4.78 is 29.2. The molecule has 0 radical (unpaired) electrons. The van der Waals surface area contributed by atoms with Crippen LogP contribution in [0.1, 0.15) is 35.2 Å². The van der Waals surface area contributed by atoms with Crippen LogP contribution in [-0.4, -0.2) is 50.0 Å². The lowest BCUT2D eigenvalue weighted by Gasteiger charge is -2.34. The minimum absolute atomic E-state index is 0.0176. The first-order valence-corrected chi connectivity index (χ1v) is 11.5. The molecule has 1 unspecified atom stereocenters. The highest BCUT2D eigenvalue weighted by atomic mass is 32.2. The molecule has 2 aliphatic heterocycles. The van der Waals surface area contributed by atoms with Gasteiger partial charge in [-0.2, -0.15) is 0 Å². The summed E-state index contributed by atoms with van der Waals surface area (Å²) in [6.07, 6.45) is 2.97. The fourth-order valence-electron chi connectivity index (χ4n) is 4.04. The number of ether oxygens (including phenoxy) is 1. The first kappa shape index (κ1) is 19.6. The highest BCUT2D eigenvalue weighted by Crippen LogP contribution is 2.38. The van der Waals surface area contributed by atoms with Gasteiger partial charge in [-0.15, -0.1) is 0 Å². The number of carbonyl (C=O) groups is 2. The molecule has 4 rings (SSSR count). The summed E-state index contributed by atoms with van der Waals surface area (Å²) in [5, 5.41) is 0. The van der Waals surface area contributed by atoms with Crippen LogP contribution in [-0.2, 0) is 21.1 Å². The Labute approximate surface area is 170 Å². The van der Waals surface area contributed by atoms with Crippen LogP contribution < -0.4 is 4.74 Å². The molecule has 1 spiro atoms. The number of rotatable bonds is 4. The summed E-state index contributed by atoms with van der Waals surface area (Å²) in [6.45, 7) is 0.986. The molecule has 1 fully saturated rings. The standard InChI is InChI=1S/C22H23NO5S/c1-29(26,27)17-9-6-16(7-10-17)8-11-21(25)23-13-12-22(15-23)14-19(24)18-4-2-3-5-20(18)28-22/h2-7,9-10H,8,11-15H2,1H3. The fourth-order valence-corrected chi connectivity index (χ4v) is 4.67. The number of hydrogen-bond donors (Lipinski definition) is 0. The lowest BCUT2D eigenvalue weighted by molar-refractivity contribution is -0.130. The predicted molar refractivity (Wildman–Crippen MR) is 108 cm³/mol. The van der Waals surface area contributed by atoms with E-state index in [4.69, 9.17) is 4.74 Å². The van der Waals surface area contributed by atoms with Crippen LogP contribution in [0.15, 0.2) is 53.4 Å². The number of nitrogens with zero attached hydrogens (tertiary/aromatic N) is 1. The molecule has 29 heavy (non-hydrogen) atoms. The molecule has 0 aromatic heterocycles. The van der Waals surface area contributed by atoms with Crippen molar-refractivity contribution in [2.24, 2.45) is 0 Å². The number of Topliss-reactive ketones (excluding diaryl/α,β-unsaturated/α-hetero) is 1. The van der Waals surface area contributed by atoms with E-state index in [9.17, 15) is 18.0 Å². The van der Waals surface area contributed by atoms with Crippen LogP contribution >= 0.6 is 0 Å². The van der Waals surface area contributed by atoms with E-state index in [2.05, 4.69) is 0 Å². The molecule has 1 atom stereocenters. The molecule has 2 aliphatic rings. The van der Waals surface area contributed by atoms with Crippen LogP contribution in [0.3, 0.4) is 0 Å². The van der Waals surface area contributed by atoms with E-state index >= 15 is 0 Å². The van der Waals surface area contributed by atoms with Crippen molar-refractivity contribution in [1.82, 2.24) is 4.90 Å². The minimum atomic E-state index is -3.22. The molecule has 0 saturated carbocycles. The van der Waals surface area contributed by atoms with E-state index in [1.807, 2.05) is 12.1 Å². The fraction of sp³-hybridized carbons (Fsp3) is 0.364. The third-order valence-electron chi connectivity index (χ3n) is 5.64. The van der Waals surface area contributed by atoms with Crippen molar-refractivity contribution in [1.29, 1.82) is 0 Å². The number of amides is 1. The van der Waals surface area contributed by atoms with Gasteiger partial charge in [-0.1, -0.05) is 24.3 Å². The lowest BCUT2D eigenvalue weighted by atomic mass is 9.89. The highest BCUT2D eigenvalue weighted by Gasteiger charge is 2.46. The minimum Gasteiger partial charge on any atom is -0.484 e. The first-order valence-electron chi connectivity index (χ1n) is 9.64. The number of para-hydroxylation sites is 1. The lowest BCUT2D eigenvalue weighted by Crippen LogP contribution is -2.45. The molecule has 2 aromatic rings. The van der Waals surface area contributed by atoms with Crippen molar-refractivity contribution in [3.8, 4) is 5.75 Å². The maximum absolute atomic E-state index is 12.7. The van der Waals surface area contributed by atoms with Gasteiger partial charge in [-0.3, -0.25) is 9.59 Å². The largest absolute Gasteiger partial charge is 0.484 e. The summed E-state index contributed by atoms with van der Waals surface area (Å²) >= 11 is 0. The summed E-state index contributed by atoms with van der Waals surface area (Å²) in [5.41, 5.74) is 0.899. The number of aryl methyl sites for hydroxylation is 1. The molecule has 0 aliphatic carbocycles. The molecule has 0 N–H and O–H groups in total. The number of carbonyl (C=O) groups excluding carboxylic acids is 2. The second kappa shape index (κ2) is 7.30. The van der Waals surface area contributed by atoms with E-state index in [1.165, 1.54) is 6.26 Å². The highest BCUT2D eigenvalue weighted by molar-refractivity contribution is 7.90. The molecule has 0 bridgehead atoms. The van der Waals surface area contributed by atoms with E-state index in [1.54, 1.807) is 41.3 Å². The molecular formula is C22H23NO5S. The molecule has 2 heterocycles. The van der Waals surface area contributed by atoms with Crippen molar-refractivity contribution in [2.45, 2.75) is 36.2 Å². The average Bonchev–Trinajstić information content (AvgIpc) is 3.09. The Morgan fingerprint density at radius 3 is 2.59 bits per heavy atom. The number of ketones is 1. The number of benzene rings is 2. The van der Waals surface area contributed by atoms with Gasteiger partial charge in [0, 0.05) is 25.6 Å². The Balaban J connectivity index is 1.37. The van der Waals surface area contributed by atoms with Crippen molar-refractivity contribution in [3.05, 3.63) is 59.7 Å². The van der Waals surface area contributed by atoms with Gasteiger partial charge >= 0.3 is 0 Å². The maximum Gasteiger partial charge on any atom is 0.223 e. The van der Waals surface area contributed by atoms with Gasteiger partial charge in [0.15, 0.2) is 15.6 Å². The van der Waals surface area contributed by atoms with Gasteiger partial charge in [0.1, 0.15) is 11.4 Å². The molecular weight excluding hydrogens is 390 g/mol. The van der Waals surface area contributed by atoms with Crippen molar-refractivity contribution in [3.63, 3.8) is 0 Å². The maximum atomic E-state index is 12.7. The Morgan fingerprint density at radius 2 is 1.86 bits per heavy atom. The molecule has 1 amide bonds. The topological polar surface area (TPSA) is 80.8 Å². The molecule has 6 nitrogen and oxygen atoms in total. The van der Waals surface area contributed by atoms with Crippen molar-refractivity contribution < 1.29 is 22.7 Å². The average molecular weight is 413 g/mol. The number of likely N-dealkylation sites (tertiary alicyclic amines) is 1. The summed E-state index contributed by atoms with van der Waals surface area (Å²) in [5.74, 6) is 0.681. The van der Waals surface area contributed by atoms with E-state index in [0.29, 0.717) is 50.1 Å². The van der Waals surface area contributed by atoms with Gasteiger partial charge in [0.2, 0.25) is 5.91 Å². The number of fused-ring (bicyclic) bond motifs is 1. The predicted octanol–water partition coefficient (Wildman–Crippen LogP) is 2.66. The van der Waals surface area contributed by atoms with Crippen LogP contribution in [0, 0.1) is 0 Å². The zero-order chi connectivity index (χ0) is 20.6. The first-order chi connectivity index (χ1) is 13.8. The Hall–Kier alpha value is -2.67. The van der Waals surface area contributed by atoms with Crippen LogP contribution in [0.5, 0.6) is 5.75 Å².